The highest BCUT2D eigenvalue weighted by Crippen LogP contribution is 2.27. The molecular weight excluding hydrogens is 193 g/mol. The number of halogens is 1. The fourth-order valence-electron chi connectivity index (χ4n) is 1.99. The largest absolute Gasteiger partial charge is 0.490 e. The van der Waals surface area contributed by atoms with Crippen LogP contribution in [0.3, 0.4) is 0 Å². The van der Waals surface area contributed by atoms with Gasteiger partial charge in [0.25, 0.3) is 0 Å². The first-order chi connectivity index (χ1) is 7.29. The smallest absolute Gasteiger partial charge is 0.127 e. The highest BCUT2D eigenvalue weighted by Gasteiger charge is 2.17. The molecule has 1 aliphatic rings. The number of ether oxygens (including phenoxy) is 1. The molecule has 2 nitrogen and oxygen atoms in total. The van der Waals surface area contributed by atoms with E-state index in [1.807, 2.05) is 0 Å². The average Bonchev–Trinajstić information content (AvgIpc) is 2.71. The van der Waals surface area contributed by atoms with E-state index in [2.05, 4.69) is 0 Å². The van der Waals surface area contributed by atoms with Crippen LogP contribution in [-0.2, 0) is 6.54 Å². The van der Waals surface area contributed by atoms with E-state index in [-0.39, 0.29) is 11.9 Å². The Morgan fingerprint density at radius 1 is 1.33 bits per heavy atom. The first-order valence-electron chi connectivity index (χ1n) is 5.45. The van der Waals surface area contributed by atoms with Crippen molar-refractivity contribution >= 4 is 0 Å². The van der Waals surface area contributed by atoms with E-state index in [1.54, 1.807) is 6.07 Å². The van der Waals surface area contributed by atoms with Gasteiger partial charge in [0.2, 0.25) is 0 Å². The van der Waals surface area contributed by atoms with Gasteiger partial charge >= 0.3 is 0 Å². The first-order valence-corrected chi connectivity index (χ1v) is 5.45. The molecule has 0 aromatic heterocycles. The minimum absolute atomic E-state index is 0.247. The molecule has 15 heavy (non-hydrogen) atoms. The molecular formula is C12H16FNO. The van der Waals surface area contributed by atoms with Crippen molar-refractivity contribution < 1.29 is 9.13 Å². The molecule has 2 N–H and O–H groups in total. The van der Waals surface area contributed by atoms with Crippen molar-refractivity contribution in [1.29, 1.82) is 0 Å². The Labute approximate surface area is 89.2 Å². The average molecular weight is 209 g/mol. The van der Waals surface area contributed by atoms with Gasteiger partial charge in [0, 0.05) is 18.2 Å². The number of benzene rings is 1. The lowest BCUT2D eigenvalue weighted by atomic mass is 10.2. The zero-order valence-electron chi connectivity index (χ0n) is 8.71. The second-order valence-electron chi connectivity index (χ2n) is 3.98. The summed E-state index contributed by atoms with van der Waals surface area (Å²) in [6.07, 6.45) is 4.80. The van der Waals surface area contributed by atoms with Crippen LogP contribution in [0.5, 0.6) is 5.75 Å². The zero-order chi connectivity index (χ0) is 10.7. The minimum atomic E-state index is -0.264. The summed E-state index contributed by atoms with van der Waals surface area (Å²) in [5.74, 6) is 0.351. The van der Waals surface area contributed by atoms with Gasteiger partial charge in [-0.1, -0.05) is 6.07 Å². The molecule has 0 bridgehead atoms. The second-order valence-corrected chi connectivity index (χ2v) is 3.98. The van der Waals surface area contributed by atoms with Crippen LogP contribution in [0.25, 0.3) is 0 Å². The molecule has 0 heterocycles. The maximum Gasteiger partial charge on any atom is 0.127 e. The molecule has 0 radical (unpaired) electrons. The Morgan fingerprint density at radius 3 is 2.73 bits per heavy atom. The lowest BCUT2D eigenvalue weighted by molar-refractivity contribution is 0.207. The maximum absolute atomic E-state index is 13.0. The van der Waals surface area contributed by atoms with E-state index in [9.17, 15) is 4.39 Å². The van der Waals surface area contributed by atoms with Crippen LogP contribution in [0, 0.1) is 5.82 Å². The standard InChI is InChI=1S/C12H16FNO/c13-10-6-5-9(8-14)12(7-10)15-11-3-1-2-4-11/h5-7,11H,1-4,8,14H2. The second kappa shape index (κ2) is 4.62. The predicted molar refractivity (Wildman–Crippen MR) is 57.2 cm³/mol. The molecule has 1 fully saturated rings. The third-order valence-corrected chi connectivity index (χ3v) is 2.84. The molecule has 1 aromatic rings. The van der Waals surface area contributed by atoms with Gasteiger partial charge < -0.3 is 10.5 Å². The summed E-state index contributed by atoms with van der Waals surface area (Å²) < 4.78 is 18.8. The van der Waals surface area contributed by atoms with E-state index >= 15 is 0 Å². The van der Waals surface area contributed by atoms with Crippen LogP contribution in [0.15, 0.2) is 18.2 Å². The lowest BCUT2D eigenvalue weighted by Gasteiger charge is -2.15. The Balaban J connectivity index is 2.14. The van der Waals surface area contributed by atoms with Gasteiger partial charge in [0.1, 0.15) is 11.6 Å². The normalized spacial score (nSPS) is 16.9. The summed E-state index contributed by atoms with van der Waals surface area (Å²) in [7, 11) is 0. The summed E-state index contributed by atoms with van der Waals surface area (Å²) in [5, 5.41) is 0. The fourth-order valence-corrected chi connectivity index (χ4v) is 1.99. The van der Waals surface area contributed by atoms with Gasteiger partial charge in [-0.25, -0.2) is 4.39 Å². The number of nitrogens with two attached hydrogens (primary N) is 1. The third-order valence-electron chi connectivity index (χ3n) is 2.84. The Hall–Kier alpha value is -1.09. The predicted octanol–water partition coefficient (Wildman–Crippen LogP) is 2.61. The maximum atomic E-state index is 13.0. The lowest BCUT2D eigenvalue weighted by Crippen LogP contribution is -2.13. The van der Waals surface area contributed by atoms with Crippen LogP contribution < -0.4 is 10.5 Å². The number of rotatable bonds is 3. The topological polar surface area (TPSA) is 35.2 Å². The van der Waals surface area contributed by atoms with Crippen LogP contribution in [0.1, 0.15) is 31.2 Å². The fraction of sp³-hybridized carbons (Fsp3) is 0.500. The van der Waals surface area contributed by atoms with E-state index in [1.165, 1.54) is 25.0 Å². The van der Waals surface area contributed by atoms with Crippen LogP contribution in [-0.4, -0.2) is 6.10 Å². The van der Waals surface area contributed by atoms with Crippen molar-refractivity contribution in [2.24, 2.45) is 5.73 Å². The molecule has 1 aromatic carbocycles. The van der Waals surface area contributed by atoms with Gasteiger partial charge in [-0.15, -0.1) is 0 Å². The van der Waals surface area contributed by atoms with E-state index in [4.69, 9.17) is 10.5 Å². The monoisotopic (exact) mass is 209 g/mol. The molecule has 0 aliphatic heterocycles. The van der Waals surface area contributed by atoms with Crippen LogP contribution in [0.2, 0.25) is 0 Å². The Bertz CT molecular complexity index is 334. The van der Waals surface area contributed by atoms with Crippen molar-refractivity contribution in [3.63, 3.8) is 0 Å². The van der Waals surface area contributed by atoms with E-state index in [0.29, 0.717) is 12.3 Å². The highest BCUT2D eigenvalue weighted by molar-refractivity contribution is 5.34. The zero-order valence-corrected chi connectivity index (χ0v) is 8.71. The summed E-state index contributed by atoms with van der Waals surface area (Å²) in [5.41, 5.74) is 6.45. The van der Waals surface area contributed by atoms with Gasteiger partial charge in [-0.2, -0.15) is 0 Å². The summed E-state index contributed by atoms with van der Waals surface area (Å²) in [6, 6.07) is 4.55. The van der Waals surface area contributed by atoms with Gasteiger partial charge in [-0.05, 0) is 31.7 Å². The van der Waals surface area contributed by atoms with Gasteiger partial charge in [0.05, 0.1) is 6.10 Å². The van der Waals surface area contributed by atoms with Crippen molar-refractivity contribution in [2.45, 2.75) is 38.3 Å². The molecule has 0 atom stereocenters. The van der Waals surface area contributed by atoms with E-state index < -0.39 is 0 Å². The van der Waals surface area contributed by atoms with Gasteiger partial charge in [0.15, 0.2) is 0 Å². The Kier molecular flexibility index (Phi) is 3.21. The molecule has 3 heteroatoms. The van der Waals surface area contributed by atoms with Crippen LogP contribution in [0.4, 0.5) is 4.39 Å². The first kappa shape index (κ1) is 10.4. The summed E-state index contributed by atoms with van der Waals surface area (Å²) in [4.78, 5) is 0. The molecule has 82 valence electrons. The Morgan fingerprint density at radius 2 is 2.07 bits per heavy atom. The molecule has 0 unspecified atom stereocenters. The van der Waals surface area contributed by atoms with Gasteiger partial charge in [-0.3, -0.25) is 0 Å². The SMILES string of the molecule is NCc1ccc(F)cc1OC1CCCC1. The highest BCUT2D eigenvalue weighted by atomic mass is 19.1. The van der Waals surface area contributed by atoms with Crippen LogP contribution >= 0.6 is 0 Å². The molecule has 0 amide bonds. The summed E-state index contributed by atoms with van der Waals surface area (Å²) >= 11 is 0. The molecule has 1 aliphatic carbocycles. The van der Waals surface area contributed by atoms with Crippen molar-refractivity contribution in [3.8, 4) is 5.75 Å². The summed E-state index contributed by atoms with van der Waals surface area (Å²) in [6.45, 7) is 0.391. The molecule has 0 saturated heterocycles. The minimum Gasteiger partial charge on any atom is -0.490 e. The number of hydrogen-bond acceptors (Lipinski definition) is 2. The third kappa shape index (κ3) is 2.48. The van der Waals surface area contributed by atoms with E-state index in [0.717, 1.165) is 18.4 Å². The molecule has 0 spiro atoms. The molecule has 1 saturated carbocycles. The van der Waals surface area contributed by atoms with Crippen molar-refractivity contribution in [1.82, 2.24) is 0 Å². The quantitative estimate of drug-likeness (QED) is 0.830. The molecule has 2 rings (SSSR count). The number of hydrogen-bond donors (Lipinski definition) is 1. The van der Waals surface area contributed by atoms with Crippen molar-refractivity contribution in [2.75, 3.05) is 0 Å². The van der Waals surface area contributed by atoms with Crippen molar-refractivity contribution in [3.05, 3.63) is 29.6 Å².